The van der Waals surface area contributed by atoms with Crippen molar-refractivity contribution in [3.8, 4) is 5.75 Å². The van der Waals surface area contributed by atoms with Crippen LogP contribution in [0.25, 0.3) is 10.9 Å². The van der Waals surface area contributed by atoms with Gasteiger partial charge in [-0.05, 0) is 91.5 Å². The molecule has 2 heterocycles. The lowest BCUT2D eigenvalue weighted by molar-refractivity contribution is -0.129. The first-order valence-corrected chi connectivity index (χ1v) is 17.1. The number of aromatic nitrogens is 2. The highest BCUT2D eigenvalue weighted by atomic mass is 19.1. The molecule has 2 aliphatic carbocycles. The van der Waals surface area contributed by atoms with Crippen molar-refractivity contribution in [2.75, 3.05) is 32.6 Å². The third kappa shape index (κ3) is 6.87. The third-order valence-electron chi connectivity index (χ3n) is 11.5. The summed E-state index contributed by atoms with van der Waals surface area (Å²) in [5.41, 5.74) is 2.09. The fraction of sp³-hybridized carbons (Fsp3) is 0.568. The van der Waals surface area contributed by atoms with E-state index in [0.29, 0.717) is 64.9 Å². The zero-order valence-corrected chi connectivity index (χ0v) is 28.6. The molecular formula is C37H49FN6O3. The van der Waals surface area contributed by atoms with Crippen molar-refractivity contribution >= 4 is 28.5 Å². The number of methoxy groups -OCH3 is 1. The average molecular weight is 645 g/mol. The van der Waals surface area contributed by atoms with Gasteiger partial charge in [0.15, 0.2) is 5.96 Å². The Morgan fingerprint density at radius 1 is 1.19 bits per heavy atom. The Kier molecular flexibility index (Phi) is 9.31. The molecule has 2 saturated carbocycles. The summed E-state index contributed by atoms with van der Waals surface area (Å²) in [4.78, 5) is 39.8. The summed E-state index contributed by atoms with van der Waals surface area (Å²) in [5.74, 6) is 2.86. The number of aryl methyl sites for hydroxylation is 2. The lowest BCUT2D eigenvalue weighted by Crippen LogP contribution is -2.46. The summed E-state index contributed by atoms with van der Waals surface area (Å²) in [6.07, 6.45) is 7.70. The number of rotatable bonds is 7. The van der Waals surface area contributed by atoms with E-state index in [2.05, 4.69) is 36.0 Å². The fourth-order valence-electron chi connectivity index (χ4n) is 7.93. The standard InChI is InChI=1S/C37H49FN6O3/c1-23-26-11-14-37(3,4)27(17-26)18-33(23)41-36(43-16-13-29(21-43)42(5)24(2)45)40-28-8-10-31-34(19-28)39-22-44(35(31)46)15-12-25-7-9-30(47-6)20-32(25)38/h7-10,19-20,22-23,26-27,29,33H,11-18,21H2,1-6H3,(H,40,41)/t23?,26-,27?,29?,33?/m0/s1. The molecule has 10 heteroatoms. The number of guanidine groups is 1. The van der Waals surface area contributed by atoms with Crippen LogP contribution in [0.1, 0.15) is 65.4 Å². The van der Waals surface area contributed by atoms with E-state index in [9.17, 15) is 14.0 Å². The van der Waals surface area contributed by atoms with Crippen molar-refractivity contribution < 1.29 is 13.9 Å². The Balaban J connectivity index is 1.25. The number of ether oxygens (including phenoxy) is 1. The van der Waals surface area contributed by atoms with Crippen LogP contribution in [0.4, 0.5) is 10.1 Å². The van der Waals surface area contributed by atoms with Gasteiger partial charge >= 0.3 is 0 Å². The van der Waals surface area contributed by atoms with Gasteiger partial charge < -0.3 is 19.9 Å². The summed E-state index contributed by atoms with van der Waals surface area (Å²) in [6, 6.07) is 10.7. The van der Waals surface area contributed by atoms with Gasteiger partial charge in [0.05, 0.1) is 36.4 Å². The number of nitrogens with one attached hydrogen (secondary N) is 1. The quantitative estimate of drug-likeness (QED) is 0.252. The number of carbonyl (C=O) groups excluding carboxylic acids is 1. The number of hydrogen-bond acceptors (Lipinski definition) is 5. The SMILES string of the molecule is COc1ccc(CCn2cnc3cc(NC(=NC4CC5C[C@H](CCC5(C)C)C4C)N4CCC(N(C)C(C)=O)C4)ccc3c2=O)c(F)c1. The van der Waals surface area contributed by atoms with E-state index in [1.807, 2.05) is 30.1 Å². The van der Waals surface area contributed by atoms with Crippen molar-refractivity contribution in [2.45, 2.75) is 84.8 Å². The van der Waals surface area contributed by atoms with Gasteiger partial charge in [-0.2, -0.15) is 0 Å². The van der Waals surface area contributed by atoms with Crippen LogP contribution in [0.15, 0.2) is 52.5 Å². The summed E-state index contributed by atoms with van der Waals surface area (Å²) in [6.45, 7) is 10.7. The molecule has 0 spiro atoms. The summed E-state index contributed by atoms with van der Waals surface area (Å²) in [5, 5.41) is 4.13. The first-order chi connectivity index (χ1) is 22.4. The summed E-state index contributed by atoms with van der Waals surface area (Å²) < 4.78 is 21.1. The van der Waals surface area contributed by atoms with Crippen LogP contribution >= 0.6 is 0 Å². The number of aliphatic imine (C=N–C) groups is 1. The lowest BCUT2D eigenvalue weighted by atomic mass is 9.56. The Hall–Kier alpha value is -3.95. The van der Waals surface area contributed by atoms with Crippen molar-refractivity contribution in [1.82, 2.24) is 19.4 Å². The van der Waals surface area contributed by atoms with Crippen LogP contribution < -0.4 is 15.6 Å². The van der Waals surface area contributed by atoms with Gasteiger partial charge in [-0.15, -0.1) is 0 Å². The van der Waals surface area contributed by atoms with E-state index in [4.69, 9.17) is 9.73 Å². The van der Waals surface area contributed by atoms with Crippen LogP contribution in [0.5, 0.6) is 5.75 Å². The zero-order valence-electron chi connectivity index (χ0n) is 28.6. The topological polar surface area (TPSA) is 92.1 Å². The average Bonchev–Trinajstić information content (AvgIpc) is 3.54. The second-order valence-electron chi connectivity index (χ2n) is 14.7. The van der Waals surface area contributed by atoms with E-state index in [1.165, 1.54) is 43.3 Å². The monoisotopic (exact) mass is 644 g/mol. The largest absolute Gasteiger partial charge is 0.497 e. The van der Waals surface area contributed by atoms with Crippen LogP contribution in [-0.4, -0.2) is 70.5 Å². The predicted molar refractivity (Wildman–Crippen MR) is 184 cm³/mol. The van der Waals surface area contributed by atoms with Crippen LogP contribution in [0.2, 0.25) is 0 Å². The molecule has 3 fully saturated rings. The molecule has 6 rings (SSSR count). The zero-order chi connectivity index (χ0) is 33.5. The predicted octanol–water partition coefficient (Wildman–Crippen LogP) is 5.96. The van der Waals surface area contributed by atoms with Crippen LogP contribution in [0, 0.1) is 29.0 Å². The molecule has 3 aromatic rings. The molecule has 5 atom stereocenters. The molecule has 0 radical (unpaired) electrons. The maximum Gasteiger partial charge on any atom is 0.261 e. The molecule has 1 amide bonds. The number of amides is 1. The molecule has 47 heavy (non-hydrogen) atoms. The number of anilines is 1. The van der Waals surface area contributed by atoms with Crippen molar-refractivity contribution in [3.05, 3.63) is 64.5 Å². The van der Waals surface area contributed by atoms with Gasteiger partial charge in [-0.1, -0.05) is 26.8 Å². The Morgan fingerprint density at radius 3 is 2.74 bits per heavy atom. The van der Waals surface area contributed by atoms with Gasteiger partial charge in [0.25, 0.3) is 5.56 Å². The molecule has 1 N–H and O–H groups in total. The van der Waals surface area contributed by atoms with E-state index in [-0.39, 0.29) is 29.4 Å². The summed E-state index contributed by atoms with van der Waals surface area (Å²) >= 11 is 0. The Labute approximate surface area is 277 Å². The molecule has 1 aliphatic heterocycles. The van der Waals surface area contributed by atoms with E-state index in [0.717, 1.165) is 31.0 Å². The number of carbonyl (C=O) groups is 1. The second-order valence-corrected chi connectivity index (χ2v) is 14.7. The van der Waals surface area contributed by atoms with E-state index >= 15 is 0 Å². The van der Waals surface area contributed by atoms with Gasteiger partial charge in [-0.25, -0.2) is 14.4 Å². The number of nitrogens with zero attached hydrogens (tertiary/aromatic N) is 5. The van der Waals surface area contributed by atoms with Crippen LogP contribution in [-0.2, 0) is 17.8 Å². The molecule has 4 unspecified atom stereocenters. The Bertz CT molecular complexity index is 1720. The van der Waals surface area contributed by atoms with Gasteiger partial charge in [0.1, 0.15) is 11.6 Å². The molecule has 1 aromatic heterocycles. The molecule has 2 aromatic carbocycles. The van der Waals surface area contributed by atoms with E-state index < -0.39 is 0 Å². The van der Waals surface area contributed by atoms with Gasteiger partial charge in [-0.3, -0.25) is 14.2 Å². The van der Waals surface area contributed by atoms with Crippen LogP contribution in [0.3, 0.4) is 0 Å². The maximum atomic E-state index is 14.5. The molecule has 252 valence electrons. The highest BCUT2D eigenvalue weighted by Gasteiger charge is 2.45. The molecule has 1 saturated heterocycles. The van der Waals surface area contributed by atoms with Crippen molar-refractivity contribution in [3.63, 3.8) is 0 Å². The Morgan fingerprint density at radius 2 is 2.00 bits per heavy atom. The molecule has 3 aliphatic rings. The third-order valence-corrected chi connectivity index (χ3v) is 11.5. The highest BCUT2D eigenvalue weighted by Crippen LogP contribution is 2.52. The number of likely N-dealkylation sites (tertiary alicyclic amines) is 1. The second kappa shape index (κ2) is 13.3. The number of fused-ring (bicyclic) bond motifs is 3. The fourth-order valence-corrected chi connectivity index (χ4v) is 7.93. The maximum absolute atomic E-state index is 14.5. The lowest BCUT2D eigenvalue weighted by Gasteiger charge is -2.50. The first-order valence-electron chi connectivity index (χ1n) is 17.1. The number of likely N-dealkylation sites (N-methyl/N-ethyl adjacent to an activating group) is 1. The minimum absolute atomic E-state index is 0.0691. The molecule has 9 nitrogen and oxygen atoms in total. The molecular weight excluding hydrogens is 595 g/mol. The number of halogens is 1. The molecule has 2 bridgehead atoms. The normalized spacial score (nSPS) is 25.6. The smallest absolute Gasteiger partial charge is 0.261 e. The highest BCUT2D eigenvalue weighted by molar-refractivity contribution is 5.96. The summed E-state index contributed by atoms with van der Waals surface area (Å²) in [7, 11) is 3.38. The number of benzene rings is 2. The van der Waals surface area contributed by atoms with Gasteiger partial charge in [0.2, 0.25) is 5.91 Å². The first kappa shape index (κ1) is 33.0. The minimum atomic E-state index is -0.355. The van der Waals surface area contributed by atoms with Crippen molar-refractivity contribution in [1.29, 1.82) is 0 Å². The number of hydrogen-bond donors (Lipinski definition) is 1. The minimum Gasteiger partial charge on any atom is -0.497 e. The van der Waals surface area contributed by atoms with Crippen molar-refractivity contribution in [2.24, 2.45) is 28.2 Å². The van der Waals surface area contributed by atoms with Gasteiger partial charge in [0, 0.05) is 45.4 Å². The van der Waals surface area contributed by atoms with E-state index in [1.54, 1.807) is 19.1 Å².